The summed E-state index contributed by atoms with van der Waals surface area (Å²) in [5, 5.41) is 26.1. The van der Waals surface area contributed by atoms with Gasteiger partial charge in [-0.05, 0) is 6.07 Å². The van der Waals surface area contributed by atoms with Crippen molar-refractivity contribution in [2.24, 2.45) is 0 Å². The SMILES string of the molecule is N#CO[Se]OC#N.O=C(c1ccccc1)c1ccccc1[N+](=O)[O-]. The molecule has 0 heterocycles. The summed E-state index contributed by atoms with van der Waals surface area (Å²) in [5.41, 5.74) is 0.395. The maximum absolute atomic E-state index is 12.1. The van der Waals surface area contributed by atoms with E-state index < -0.39 is 20.5 Å². The van der Waals surface area contributed by atoms with Gasteiger partial charge in [-0.3, -0.25) is 14.9 Å². The number of ketones is 1. The summed E-state index contributed by atoms with van der Waals surface area (Å²) in [6.45, 7) is 0. The van der Waals surface area contributed by atoms with Crippen LogP contribution in [0.3, 0.4) is 0 Å². The quantitative estimate of drug-likeness (QED) is 0.191. The summed E-state index contributed by atoms with van der Waals surface area (Å²) in [6, 6.07) is 14.5. The fraction of sp³-hybridized carbons (Fsp3) is 0. The minimum Gasteiger partial charge on any atom is -0.288 e. The van der Waals surface area contributed by atoms with Gasteiger partial charge < -0.3 is 0 Å². The van der Waals surface area contributed by atoms with Crippen LogP contribution in [0.2, 0.25) is 0 Å². The Hall–Kier alpha value is -3.39. The molecule has 0 saturated carbocycles. The Balaban J connectivity index is 0.000000351. The zero-order valence-electron chi connectivity index (χ0n) is 12.0. The number of hydrogen-bond acceptors (Lipinski definition) is 7. The fourth-order valence-electron chi connectivity index (χ4n) is 1.62. The van der Waals surface area contributed by atoms with E-state index in [0.717, 1.165) is 0 Å². The van der Waals surface area contributed by atoms with Gasteiger partial charge in [0.1, 0.15) is 5.56 Å². The number of para-hydroxylation sites is 1. The van der Waals surface area contributed by atoms with E-state index in [1.54, 1.807) is 42.5 Å². The monoisotopic (exact) mass is 391 g/mol. The molecular weight excluding hydrogens is 381 g/mol. The molecular formula is C15H9N3O5Se. The minimum atomic E-state index is -0.747. The maximum Gasteiger partial charge on any atom is 0.280 e. The van der Waals surface area contributed by atoms with E-state index in [1.807, 2.05) is 0 Å². The van der Waals surface area contributed by atoms with E-state index >= 15 is 0 Å². The van der Waals surface area contributed by atoms with Gasteiger partial charge in [0.15, 0.2) is 5.78 Å². The molecule has 0 amide bonds. The van der Waals surface area contributed by atoms with E-state index in [1.165, 1.54) is 24.6 Å². The Morgan fingerprint density at radius 3 is 2.08 bits per heavy atom. The maximum atomic E-state index is 12.1. The second-order valence-electron chi connectivity index (χ2n) is 3.89. The first kappa shape index (κ1) is 18.7. The third-order valence-corrected chi connectivity index (χ3v) is 3.12. The Labute approximate surface area is 143 Å². The van der Waals surface area contributed by atoms with Crippen LogP contribution in [0.4, 0.5) is 5.69 Å². The molecule has 24 heavy (non-hydrogen) atoms. The number of nitro benzene ring substituents is 1. The standard InChI is InChI=1S/C13H9NO3.C2N2O2Se/c15-13(10-6-2-1-3-7-10)11-8-4-5-9-12(11)14(16)17;3-1-5-7-6-2-4/h1-9H;. The second kappa shape index (κ2) is 10.4. The minimum absolute atomic E-state index is 0.115. The number of nitro groups is 1. The van der Waals surface area contributed by atoms with E-state index in [4.69, 9.17) is 10.5 Å². The van der Waals surface area contributed by atoms with Crippen molar-refractivity contribution in [3.05, 3.63) is 75.8 Å². The van der Waals surface area contributed by atoms with Gasteiger partial charge in [-0.15, -0.1) is 0 Å². The van der Waals surface area contributed by atoms with Crippen LogP contribution in [0.5, 0.6) is 0 Å². The number of rotatable bonds is 5. The molecule has 0 bridgehead atoms. The van der Waals surface area contributed by atoms with Crippen molar-refractivity contribution in [2.75, 3.05) is 0 Å². The van der Waals surface area contributed by atoms with Gasteiger partial charge in [-0.1, -0.05) is 42.5 Å². The van der Waals surface area contributed by atoms with E-state index in [9.17, 15) is 14.9 Å². The van der Waals surface area contributed by atoms with Gasteiger partial charge in [-0.2, -0.15) is 0 Å². The summed E-state index contributed by atoms with van der Waals surface area (Å²) < 4.78 is 7.99. The second-order valence-corrected chi connectivity index (χ2v) is 4.87. The number of hydrogen-bond donors (Lipinski definition) is 0. The zero-order chi connectivity index (χ0) is 17.8. The van der Waals surface area contributed by atoms with Crippen LogP contribution in [0, 0.1) is 33.1 Å². The summed E-state index contributed by atoms with van der Waals surface area (Å²) in [5.74, 6) is -0.335. The first-order valence-electron chi connectivity index (χ1n) is 6.22. The Morgan fingerprint density at radius 2 is 1.54 bits per heavy atom. The zero-order valence-corrected chi connectivity index (χ0v) is 13.7. The number of carbonyl (C=O) groups is 1. The summed E-state index contributed by atoms with van der Waals surface area (Å²) in [7, 11) is 0. The van der Waals surface area contributed by atoms with Crippen molar-refractivity contribution < 1.29 is 17.4 Å². The molecule has 2 aromatic rings. The van der Waals surface area contributed by atoms with Crippen LogP contribution < -0.4 is 0 Å². The molecule has 0 N–H and O–H groups in total. The molecule has 0 aliphatic heterocycles. The van der Waals surface area contributed by atoms with Crippen molar-refractivity contribution >= 4 is 27.1 Å². The number of benzene rings is 2. The normalized spacial score (nSPS) is 8.58. The van der Waals surface area contributed by atoms with Gasteiger partial charge >= 0.3 is 46.3 Å². The molecule has 0 aromatic heterocycles. The number of nitriles is 2. The fourth-order valence-corrected chi connectivity index (χ4v) is 1.82. The van der Waals surface area contributed by atoms with Gasteiger partial charge in [-0.25, -0.2) is 0 Å². The van der Waals surface area contributed by atoms with Gasteiger partial charge in [0.05, 0.1) is 4.92 Å². The third kappa shape index (κ3) is 5.78. The molecule has 0 aliphatic carbocycles. The van der Waals surface area contributed by atoms with Crippen molar-refractivity contribution in [3.8, 4) is 12.5 Å². The Morgan fingerprint density at radius 1 is 1.00 bits per heavy atom. The van der Waals surface area contributed by atoms with Crippen molar-refractivity contribution in [1.82, 2.24) is 0 Å². The third-order valence-electron chi connectivity index (χ3n) is 2.52. The van der Waals surface area contributed by atoms with Crippen LogP contribution in [0.1, 0.15) is 15.9 Å². The summed E-state index contributed by atoms with van der Waals surface area (Å²) in [4.78, 5) is 22.3. The van der Waals surface area contributed by atoms with Crippen LogP contribution in [-0.2, 0) is 7.64 Å². The van der Waals surface area contributed by atoms with Crippen molar-refractivity contribution in [2.45, 2.75) is 0 Å². The van der Waals surface area contributed by atoms with E-state index in [2.05, 4.69) is 7.64 Å². The number of carbonyl (C=O) groups excluding carboxylic acids is 1. The molecule has 0 spiro atoms. The molecule has 0 fully saturated rings. The van der Waals surface area contributed by atoms with Crippen LogP contribution in [0.15, 0.2) is 54.6 Å². The molecule has 8 nitrogen and oxygen atoms in total. The Kier molecular flexibility index (Phi) is 8.05. The molecule has 0 radical (unpaired) electrons. The number of nitrogens with zero attached hydrogens (tertiary/aromatic N) is 3. The average Bonchev–Trinajstić information content (AvgIpc) is 2.63. The summed E-state index contributed by atoms with van der Waals surface area (Å²) in [6.07, 6.45) is 2.71. The molecule has 120 valence electrons. The van der Waals surface area contributed by atoms with Gasteiger partial charge in [0.25, 0.3) is 5.69 Å². The van der Waals surface area contributed by atoms with Crippen molar-refractivity contribution in [3.63, 3.8) is 0 Å². The first-order valence-corrected chi connectivity index (χ1v) is 7.62. The predicted molar refractivity (Wildman–Crippen MR) is 82.1 cm³/mol. The molecule has 0 atom stereocenters. The van der Waals surface area contributed by atoms with E-state index in [0.29, 0.717) is 5.56 Å². The first-order chi connectivity index (χ1) is 11.6. The van der Waals surface area contributed by atoms with Gasteiger partial charge in [0, 0.05) is 11.6 Å². The topological polar surface area (TPSA) is 126 Å². The molecule has 0 aliphatic rings. The molecule has 0 unspecified atom stereocenters. The molecule has 2 rings (SSSR count). The van der Waals surface area contributed by atoms with Crippen LogP contribution in [-0.4, -0.2) is 26.3 Å². The van der Waals surface area contributed by atoms with Crippen molar-refractivity contribution in [1.29, 1.82) is 10.5 Å². The molecule has 2 aromatic carbocycles. The molecule has 9 heteroatoms. The smallest absolute Gasteiger partial charge is 0.280 e. The Bertz CT molecular complexity index is 770. The average molecular weight is 390 g/mol. The van der Waals surface area contributed by atoms with Gasteiger partial charge in [0.2, 0.25) is 0 Å². The van der Waals surface area contributed by atoms with Crippen LogP contribution >= 0.6 is 0 Å². The van der Waals surface area contributed by atoms with Crippen LogP contribution in [0.25, 0.3) is 0 Å². The molecule has 0 saturated heterocycles. The van der Waals surface area contributed by atoms with E-state index in [-0.39, 0.29) is 17.0 Å². The summed E-state index contributed by atoms with van der Waals surface area (Å²) >= 11 is -0.747. The largest absolute Gasteiger partial charge is 0.288 e. The predicted octanol–water partition coefficient (Wildman–Crippen LogP) is 2.34.